The van der Waals surface area contributed by atoms with Crippen molar-refractivity contribution < 1.29 is 14.6 Å². The molecule has 0 saturated carbocycles. The second-order valence-corrected chi connectivity index (χ2v) is 4.36. The molecule has 0 bridgehead atoms. The van der Waals surface area contributed by atoms with Gasteiger partial charge in [0, 0.05) is 6.04 Å². The van der Waals surface area contributed by atoms with Crippen molar-refractivity contribution in [2.24, 2.45) is 11.7 Å². The summed E-state index contributed by atoms with van der Waals surface area (Å²) in [6, 6.07) is 4.47. The molecule has 1 aromatic rings. The Kier molecular flexibility index (Phi) is 4.97. The zero-order chi connectivity index (χ0) is 13.7. The summed E-state index contributed by atoms with van der Waals surface area (Å²) in [4.78, 5) is 12.0. The molecule has 0 heterocycles. The number of nitrogens with two attached hydrogens (primary N) is 1. The maximum atomic E-state index is 12.0. The number of hydrogen-bond donors (Lipinski definition) is 3. The molecule has 0 aliphatic heterocycles. The van der Waals surface area contributed by atoms with E-state index in [1.54, 1.807) is 6.07 Å². The molecule has 1 rings (SSSR count). The molecule has 100 valence electrons. The van der Waals surface area contributed by atoms with Gasteiger partial charge in [-0.2, -0.15) is 0 Å². The lowest BCUT2D eigenvalue weighted by Crippen LogP contribution is -2.39. The van der Waals surface area contributed by atoms with Crippen LogP contribution in [0.3, 0.4) is 0 Å². The van der Waals surface area contributed by atoms with Crippen LogP contribution < -0.4 is 15.8 Å². The minimum absolute atomic E-state index is 0.0619. The molecule has 2 atom stereocenters. The smallest absolute Gasteiger partial charge is 0.255 e. The van der Waals surface area contributed by atoms with Crippen molar-refractivity contribution in [3.05, 3.63) is 23.8 Å². The number of amides is 1. The molecule has 0 aromatic heterocycles. The summed E-state index contributed by atoms with van der Waals surface area (Å²) in [5.41, 5.74) is 5.74. The van der Waals surface area contributed by atoms with Crippen molar-refractivity contribution in [2.45, 2.75) is 19.9 Å². The maximum Gasteiger partial charge on any atom is 0.255 e. The van der Waals surface area contributed by atoms with Crippen molar-refractivity contribution in [1.82, 2.24) is 5.32 Å². The van der Waals surface area contributed by atoms with Crippen LogP contribution in [0.5, 0.6) is 11.5 Å². The first-order chi connectivity index (χ1) is 8.49. The minimum atomic E-state index is -0.334. The molecule has 0 radical (unpaired) electrons. The first-order valence-corrected chi connectivity index (χ1v) is 5.87. The molecule has 5 heteroatoms. The molecule has 0 fully saturated rings. The fourth-order valence-electron chi connectivity index (χ4n) is 1.45. The molecule has 0 aliphatic carbocycles. The Labute approximate surface area is 107 Å². The number of phenols is 1. The minimum Gasteiger partial charge on any atom is -0.507 e. The number of methoxy groups -OCH3 is 1. The molecule has 0 spiro atoms. The summed E-state index contributed by atoms with van der Waals surface area (Å²) >= 11 is 0. The summed E-state index contributed by atoms with van der Waals surface area (Å²) in [5.74, 6) is 0.291. The third-order valence-corrected chi connectivity index (χ3v) is 3.03. The fraction of sp³-hybridized carbons (Fsp3) is 0.462. The Morgan fingerprint density at radius 2 is 2.17 bits per heavy atom. The third kappa shape index (κ3) is 3.37. The van der Waals surface area contributed by atoms with Gasteiger partial charge >= 0.3 is 0 Å². The van der Waals surface area contributed by atoms with E-state index >= 15 is 0 Å². The van der Waals surface area contributed by atoms with Crippen LogP contribution in [0.1, 0.15) is 24.2 Å². The molecule has 0 saturated heterocycles. The average Bonchev–Trinajstić information content (AvgIpc) is 2.38. The maximum absolute atomic E-state index is 12.0. The predicted octanol–water partition coefficient (Wildman–Crippen LogP) is 1.11. The molecular formula is C13H20N2O3. The number of phenolic OH excluding ortho intramolecular Hbond substituents is 1. The Morgan fingerprint density at radius 3 is 2.72 bits per heavy atom. The largest absolute Gasteiger partial charge is 0.507 e. The topological polar surface area (TPSA) is 84.6 Å². The van der Waals surface area contributed by atoms with E-state index in [1.165, 1.54) is 19.2 Å². The number of nitrogens with one attached hydrogen (secondary N) is 1. The molecule has 2 unspecified atom stereocenters. The monoisotopic (exact) mass is 252 g/mol. The Hall–Kier alpha value is -1.75. The van der Waals surface area contributed by atoms with Crippen LogP contribution in [-0.4, -0.2) is 30.7 Å². The van der Waals surface area contributed by atoms with E-state index in [-0.39, 0.29) is 29.2 Å². The lowest BCUT2D eigenvalue weighted by molar-refractivity contribution is 0.0926. The van der Waals surface area contributed by atoms with Crippen molar-refractivity contribution >= 4 is 5.91 Å². The highest BCUT2D eigenvalue weighted by atomic mass is 16.5. The first-order valence-electron chi connectivity index (χ1n) is 5.87. The van der Waals surface area contributed by atoms with Gasteiger partial charge in [0.2, 0.25) is 0 Å². The molecule has 1 amide bonds. The quantitative estimate of drug-likeness (QED) is 0.733. The number of ether oxygens (including phenoxy) is 1. The summed E-state index contributed by atoms with van der Waals surface area (Å²) < 4.78 is 5.02. The van der Waals surface area contributed by atoms with Crippen LogP contribution in [0.2, 0.25) is 0 Å². The van der Waals surface area contributed by atoms with Crippen molar-refractivity contribution in [1.29, 1.82) is 0 Å². The van der Waals surface area contributed by atoms with E-state index < -0.39 is 0 Å². The van der Waals surface area contributed by atoms with E-state index in [0.717, 1.165) is 0 Å². The average molecular weight is 252 g/mol. The van der Waals surface area contributed by atoms with E-state index in [9.17, 15) is 9.90 Å². The van der Waals surface area contributed by atoms with Crippen LogP contribution in [0.4, 0.5) is 0 Å². The highest BCUT2D eigenvalue weighted by Crippen LogP contribution is 2.22. The second-order valence-electron chi connectivity index (χ2n) is 4.36. The van der Waals surface area contributed by atoms with E-state index in [4.69, 9.17) is 10.5 Å². The Balaban J connectivity index is 2.83. The number of carbonyl (C=O) groups is 1. The predicted molar refractivity (Wildman–Crippen MR) is 69.8 cm³/mol. The highest BCUT2D eigenvalue weighted by Gasteiger charge is 2.17. The summed E-state index contributed by atoms with van der Waals surface area (Å²) in [6.07, 6.45) is 0. The van der Waals surface area contributed by atoms with Crippen molar-refractivity contribution in [3.8, 4) is 11.5 Å². The number of aromatic hydroxyl groups is 1. The van der Waals surface area contributed by atoms with Crippen LogP contribution in [0.15, 0.2) is 18.2 Å². The molecule has 0 aliphatic rings. The zero-order valence-electron chi connectivity index (χ0n) is 10.9. The fourth-order valence-corrected chi connectivity index (χ4v) is 1.45. The Bertz CT molecular complexity index is 421. The standard InChI is InChI=1S/C13H20N2O3/c1-8(7-14)9(2)15-13(17)11-6-10(18-3)4-5-12(11)16/h4-6,8-9,16H,7,14H2,1-3H3,(H,15,17). The second kappa shape index (κ2) is 6.26. The van der Waals surface area contributed by atoms with Gasteiger partial charge in [-0.3, -0.25) is 4.79 Å². The van der Waals surface area contributed by atoms with Crippen molar-refractivity contribution in [3.63, 3.8) is 0 Å². The van der Waals surface area contributed by atoms with Gasteiger partial charge in [0.05, 0.1) is 12.7 Å². The molecular weight excluding hydrogens is 232 g/mol. The first kappa shape index (κ1) is 14.3. The Morgan fingerprint density at radius 1 is 1.50 bits per heavy atom. The third-order valence-electron chi connectivity index (χ3n) is 3.03. The van der Waals surface area contributed by atoms with Gasteiger partial charge in [-0.05, 0) is 37.6 Å². The summed E-state index contributed by atoms with van der Waals surface area (Å²) in [6.45, 7) is 4.33. The van der Waals surface area contributed by atoms with Crippen LogP contribution in [-0.2, 0) is 0 Å². The lowest BCUT2D eigenvalue weighted by atomic mass is 10.0. The number of hydrogen-bond acceptors (Lipinski definition) is 4. The molecule has 1 aromatic carbocycles. The van der Waals surface area contributed by atoms with Gasteiger partial charge in [0.25, 0.3) is 5.91 Å². The van der Waals surface area contributed by atoms with Gasteiger partial charge < -0.3 is 20.9 Å². The zero-order valence-corrected chi connectivity index (χ0v) is 10.9. The lowest BCUT2D eigenvalue weighted by Gasteiger charge is -2.20. The SMILES string of the molecule is COc1ccc(O)c(C(=O)NC(C)C(C)CN)c1. The van der Waals surface area contributed by atoms with Crippen LogP contribution in [0.25, 0.3) is 0 Å². The summed E-state index contributed by atoms with van der Waals surface area (Å²) in [7, 11) is 1.51. The number of carbonyl (C=O) groups excluding carboxylic acids is 1. The van der Waals surface area contributed by atoms with Gasteiger partial charge in [0.15, 0.2) is 0 Å². The van der Waals surface area contributed by atoms with E-state index in [2.05, 4.69) is 5.32 Å². The molecule has 18 heavy (non-hydrogen) atoms. The van der Waals surface area contributed by atoms with Gasteiger partial charge in [-0.1, -0.05) is 6.92 Å². The van der Waals surface area contributed by atoms with E-state index in [1.807, 2.05) is 13.8 Å². The van der Waals surface area contributed by atoms with Gasteiger partial charge in [-0.25, -0.2) is 0 Å². The van der Waals surface area contributed by atoms with Crippen LogP contribution in [0, 0.1) is 5.92 Å². The summed E-state index contributed by atoms with van der Waals surface area (Å²) in [5, 5.41) is 12.5. The highest BCUT2D eigenvalue weighted by molar-refractivity contribution is 5.97. The number of benzene rings is 1. The molecule has 5 nitrogen and oxygen atoms in total. The normalized spacial score (nSPS) is 13.8. The molecule has 4 N–H and O–H groups in total. The van der Waals surface area contributed by atoms with Crippen molar-refractivity contribution in [2.75, 3.05) is 13.7 Å². The number of rotatable bonds is 5. The van der Waals surface area contributed by atoms with E-state index in [0.29, 0.717) is 12.3 Å². The van der Waals surface area contributed by atoms with Gasteiger partial charge in [-0.15, -0.1) is 0 Å². The van der Waals surface area contributed by atoms with Gasteiger partial charge in [0.1, 0.15) is 11.5 Å². The van der Waals surface area contributed by atoms with Crippen LogP contribution >= 0.6 is 0 Å².